The molecule has 1 aliphatic rings. The Hall–Kier alpha value is -3.88. The van der Waals surface area contributed by atoms with E-state index in [1.165, 1.54) is 29.1 Å². The highest BCUT2D eigenvalue weighted by Crippen LogP contribution is 2.30. The summed E-state index contributed by atoms with van der Waals surface area (Å²) in [5.41, 5.74) is -0.581. The van der Waals surface area contributed by atoms with Crippen molar-refractivity contribution in [3.8, 4) is 0 Å². The molecular formula is C18H18N6O8. The van der Waals surface area contributed by atoms with Crippen molar-refractivity contribution in [3.05, 3.63) is 56.6 Å². The molecule has 0 bridgehead atoms. The largest absolute Gasteiger partial charge is 0.444 e. The second kappa shape index (κ2) is 8.70. The minimum atomic E-state index is -0.996. The van der Waals surface area contributed by atoms with E-state index in [9.17, 15) is 29.9 Å². The van der Waals surface area contributed by atoms with Crippen molar-refractivity contribution in [2.75, 3.05) is 11.9 Å². The maximum atomic E-state index is 12.3. The molecule has 1 aromatic carbocycles. The fraction of sp³-hybridized carbons (Fsp3) is 0.333. The molecule has 0 unspecified atom stereocenters. The number of aliphatic hydroxyl groups is 2. The number of rotatable bonds is 6. The first-order valence-electron chi connectivity index (χ1n) is 9.44. The number of imidazole rings is 1. The van der Waals surface area contributed by atoms with Gasteiger partial charge < -0.3 is 19.7 Å². The molecule has 3 aromatic rings. The molecule has 4 rings (SSSR count). The predicted molar refractivity (Wildman–Crippen MR) is 107 cm³/mol. The zero-order valence-corrected chi connectivity index (χ0v) is 16.4. The molecule has 1 aliphatic heterocycles. The lowest BCUT2D eigenvalue weighted by atomic mass is 10.2. The summed E-state index contributed by atoms with van der Waals surface area (Å²) in [5, 5.41) is 32.5. The highest BCUT2D eigenvalue weighted by Gasteiger charge is 2.35. The number of nitrogens with zero attached hydrogens (tertiary/aromatic N) is 4. The zero-order chi connectivity index (χ0) is 22.8. The number of nitrogens with one attached hydrogen (secondary N) is 2. The highest BCUT2D eigenvalue weighted by atomic mass is 16.6. The topological polar surface area (TPSA) is 195 Å². The van der Waals surface area contributed by atoms with Gasteiger partial charge in [0.2, 0.25) is 5.95 Å². The number of nitro groups is 1. The van der Waals surface area contributed by atoms with E-state index in [0.29, 0.717) is 0 Å². The van der Waals surface area contributed by atoms with E-state index in [2.05, 4.69) is 20.3 Å². The molecule has 1 amide bonds. The van der Waals surface area contributed by atoms with Crippen molar-refractivity contribution in [2.45, 2.75) is 31.5 Å². The molecule has 4 N–H and O–H groups in total. The first-order valence-corrected chi connectivity index (χ1v) is 9.44. The van der Waals surface area contributed by atoms with Crippen LogP contribution in [0.2, 0.25) is 0 Å². The minimum absolute atomic E-state index is 0.0191. The van der Waals surface area contributed by atoms with E-state index in [1.54, 1.807) is 6.07 Å². The molecule has 2 aromatic heterocycles. The first-order chi connectivity index (χ1) is 15.4. The van der Waals surface area contributed by atoms with Crippen LogP contribution >= 0.6 is 0 Å². The number of carbonyl (C=O) groups excluding carboxylic acids is 1. The number of nitro benzene ring substituents is 1. The summed E-state index contributed by atoms with van der Waals surface area (Å²) < 4.78 is 12.0. The predicted octanol–water partition coefficient (Wildman–Crippen LogP) is 0.417. The van der Waals surface area contributed by atoms with Crippen LogP contribution in [0.1, 0.15) is 18.2 Å². The molecule has 0 radical (unpaired) electrons. The Balaban J connectivity index is 1.51. The smallest absolute Gasteiger partial charge is 0.414 e. The number of H-pyrrole nitrogens is 1. The lowest BCUT2D eigenvalue weighted by molar-refractivity contribution is -0.385. The van der Waals surface area contributed by atoms with Gasteiger partial charge in [-0.2, -0.15) is 4.98 Å². The Labute approximate surface area is 178 Å². The number of hydrogen-bond acceptors (Lipinski definition) is 10. The number of aliphatic hydroxyl groups excluding tert-OH is 2. The van der Waals surface area contributed by atoms with Crippen LogP contribution in [0.4, 0.5) is 16.4 Å². The Kier molecular flexibility index (Phi) is 5.81. The summed E-state index contributed by atoms with van der Waals surface area (Å²) in [6.07, 6.45) is -1.95. The highest BCUT2D eigenvalue weighted by molar-refractivity contribution is 5.83. The summed E-state index contributed by atoms with van der Waals surface area (Å²) in [7, 11) is 0. The van der Waals surface area contributed by atoms with Crippen LogP contribution in [0.15, 0.2) is 35.4 Å². The van der Waals surface area contributed by atoms with Gasteiger partial charge in [0, 0.05) is 12.5 Å². The number of aromatic amines is 1. The fourth-order valence-corrected chi connectivity index (χ4v) is 3.33. The molecule has 3 atom stereocenters. The molecule has 14 heteroatoms. The minimum Gasteiger partial charge on any atom is -0.444 e. The van der Waals surface area contributed by atoms with E-state index in [1.807, 2.05) is 0 Å². The average Bonchev–Trinajstić information content (AvgIpc) is 3.35. The molecule has 1 saturated heterocycles. The van der Waals surface area contributed by atoms with Gasteiger partial charge in [0.1, 0.15) is 18.9 Å². The van der Waals surface area contributed by atoms with Crippen molar-refractivity contribution in [1.82, 2.24) is 19.5 Å². The number of fused-ring (bicyclic) bond motifs is 1. The number of benzene rings is 1. The van der Waals surface area contributed by atoms with Gasteiger partial charge in [0.05, 0.1) is 29.5 Å². The Morgan fingerprint density at radius 2 is 2.22 bits per heavy atom. The lowest BCUT2D eigenvalue weighted by Crippen LogP contribution is -2.24. The van der Waals surface area contributed by atoms with E-state index in [4.69, 9.17) is 9.47 Å². The SMILES string of the molecule is O=C(Nc1nc2c(ncn2[C@H]2C[C@H](O)[C@@H](CO)O2)c(=O)[nH]1)OCc1ccccc1[N+](=O)[O-]. The quantitative estimate of drug-likeness (QED) is 0.304. The molecular weight excluding hydrogens is 428 g/mol. The van der Waals surface area contributed by atoms with Crippen LogP contribution in [0, 0.1) is 10.1 Å². The Morgan fingerprint density at radius 3 is 2.94 bits per heavy atom. The van der Waals surface area contributed by atoms with Crippen molar-refractivity contribution < 1.29 is 29.4 Å². The van der Waals surface area contributed by atoms with E-state index >= 15 is 0 Å². The van der Waals surface area contributed by atoms with Gasteiger partial charge >= 0.3 is 6.09 Å². The number of ether oxygens (including phenoxy) is 2. The number of carbonyl (C=O) groups is 1. The Morgan fingerprint density at radius 1 is 1.44 bits per heavy atom. The summed E-state index contributed by atoms with van der Waals surface area (Å²) in [6, 6.07) is 5.80. The Bertz CT molecular complexity index is 1220. The number of amides is 1. The van der Waals surface area contributed by atoms with Crippen molar-refractivity contribution >= 4 is 28.9 Å². The fourth-order valence-electron chi connectivity index (χ4n) is 3.33. The van der Waals surface area contributed by atoms with E-state index in [-0.39, 0.29) is 48.0 Å². The summed E-state index contributed by atoms with van der Waals surface area (Å²) >= 11 is 0. The van der Waals surface area contributed by atoms with Crippen molar-refractivity contribution in [3.63, 3.8) is 0 Å². The molecule has 0 saturated carbocycles. The van der Waals surface area contributed by atoms with Crippen molar-refractivity contribution in [2.24, 2.45) is 0 Å². The summed E-state index contributed by atoms with van der Waals surface area (Å²) in [5.74, 6) is -0.242. The zero-order valence-electron chi connectivity index (χ0n) is 16.4. The van der Waals surface area contributed by atoms with Gasteiger partial charge in [-0.25, -0.2) is 9.78 Å². The maximum Gasteiger partial charge on any atom is 0.414 e. The molecule has 14 nitrogen and oxygen atoms in total. The summed E-state index contributed by atoms with van der Waals surface area (Å²) in [6.45, 7) is -0.750. The van der Waals surface area contributed by atoms with Gasteiger partial charge in [-0.05, 0) is 6.07 Å². The van der Waals surface area contributed by atoms with Gasteiger partial charge in [0.15, 0.2) is 11.2 Å². The molecule has 0 spiro atoms. The normalized spacial score (nSPS) is 20.4. The number of hydrogen-bond donors (Lipinski definition) is 4. The van der Waals surface area contributed by atoms with Crippen LogP contribution in [0.5, 0.6) is 0 Å². The monoisotopic (exact) mass is 446 g/mol. The number of anilines is 1. The van der Waals surface area contributed by atoms with Gasteiger partial charge in [-0.15, -0.1) is 0 Å². The van der Waals surface area contributed by atoms with E-state index < -0.39 is 35.0 Å². The average molecular weight is 446 g/mol. The van der Waals surface area contributed by atoms with Crippen LogP contribution in [0.25, 0.3) is 11.2 Å². The van der Waals surface area contributed by atoms with E-state index in [0.717, 1.165) is 0 Å². The first kappa shape index (κ1) is 21.4. The maximum absolute atomic E-state index is 12.3. The number of para-hydroxylation sites is 1. The number of aromatic nitrogens is 4. The third-order valence-electron chi connectivity index (χ3n) is 4.89. The third-order valence-corrected chi connectivity index (χ3v) is 4.89. The van der Waals surface area contributed by atoms with Gasteiger partial charge in [-0.3, -0.25) is 29.8 Å². The molecule has 32 heavy (non-hydrogen) atoms. The summed E-state index contributed by atoms with van der Waals surface area (Å²) in [4.78, 5) is 45.4. The van der Waals surface area contributed by atoms with Crippen LogP contribution in [0.3, 0.4) is 0 Å². The van der Waals surface area contributed by atoms with Crippen LogP contribution in [-0.4, -0.2) is 59.6 Å². The molecule has 1 fully saturated rings. The van der Waals surface area contributed by atoms with Crippen LogP contribution < -0.4 is 10.9 Å². The second-order valence-electron chi connectivity index (χ2n) is 6.94. The molecule has 0 aliphatic carbocycles. The molecule has 3 heterocycles. The molecule has 168 valence electrons. The third kappa shape index (κ3) is 4.14. The van der Waals surface area contributed by atoms with Gasteiger partial charge in [-0.1, -0.05) is 12.1 Å². The van der Waals surface area contributed by atoms with Crippen molar-refractivity contribution in [1.29, 1.82) is 0 Å². The second-order valence-corrected chi connectivity index (χ2v) is 6.94. The van der Waals surface area contributed by atoms with Gasteiger partial charge in [0.25, 0.3) is 11.2 Å². The standard InChI is InChI=1S/C18H18N6O8/c25-6-12-11(26)5-13(32-12)23-8-19-14-15(23)20-17(21-16(14)27)22-18(28)31-7-9-3-1-2-4-10(9)24(29)30/h1-4,8,11-13,25-26H,5-7H2,(H2,20,21,22,27,28)/t11-,12+,13+/m0/s1. The lowest BCUT2D eigenvalue weighted by Gasteiger charge is -2.13. The van der Waals surface area contributed by atoms with Crippen LogP contribution in [-0.2, 0) is 16.1 Å².